The first-order chi connectivity index (χ1) is 15.7. The molecule has 6 nitrogen and oxygen atoms in total. The van der Waals surface area contributed by atoms with Gasteiger partial charge in [-0.3, -0.25) is 4.99 Å². The first-order valence-electron chi connectivity index (χ1n) is 10.6. The third kappa shape index (κ3) is 3.78. The average molecular weight is 437 g/mol. The molecule has 1 unspecified atom stereocenters. The van der Waals surface area contributed by atoms with Crippen molar-refractivity contribution in [1.29, 1.82) is 0 Å². The first-order valence-corrected chi connectivity index (χ1v) is 10.6. The lowest BCUT2D eigenvalue weighted by Crippen LogP contribution is -2.61. The molecule has 1 atom stereocenters. The number of allylic oxidation sites excluding steroid dienone is 1. The Kier molecular flexibility index (Phi) is 5.45. The summed E-state index contributed by atoms with van der Waals surface area (Å²) >= 11 is 0. The van der Waals surface area contributed by atoms with Gasteiger partial charge in [0, 0.05) is 11.6 Å². The van der Waals surface area contributed by atoms with Crippen molar-refractivity contribution < 1.29 is 22.8 Å². The van der Waals surface area contributed by atoms with Crippen LogP contribution in [-0.4, -0.2) is 29.8 Å². The summed E-state index contributed by atoms with van der Waals surface area (Å²) < 4.78 is 36.4. The van der Waals surface area contributed by atoms with E-state index in [1.54, 1.807) is 24.4 Å². The van der Waals surface area contributed by atoms with Crippen LogP contribution in [0.4, 0.5) is 14.5 Å². The van der Waals surface area contributed by atoms with Crippen LogP contribution in [0.1, 0.15) is 24.8 Å². The van der Waals surface area contributed by atoms with E-state index in [0.717, 1.165) is 24.2 Å². The standard InChI is InChI=1S/C24H23F2N4O2/c25-24(26)32-23-10-2-1-5-18(23)16-31-22-9-4-8-20(13-22)29(19-6-3-7-19)30-12-11-27-14-21(30)15-28-17-30/h1-2,4-5,8-15,17,19,24H,3,6-7,16H2/q+1. The maximum atomic E-state index is 12.7. The molecule has 8 heteroatoms. The summed E-state index contributed by atoms with van der Waals surface area (Å²) in [6.45, 7) is -2.76. The fraction of sp³-hybridized carbons (Fsp3) is 0.250. The smallest absolute Gasteiger partial charge is 0.387 e. The van der Waals surface area contributed by atoms with Crippen molar-refractivity contribution in [3.05, 3.63) is 78.4 Å². The Labute approximate surface area is 185 Å². The van der Waals surface area contributed by atoms with Gasteiger partial charge in [-0.1, -0.05) is 24.3 Å². The quantitative estimate of drug-likeness (QED) is 0.520. The number of quaternary nitrogens is 1. The van der Waals surface area contributed by atoms with E-state index in [4.69, 9.17) is 4.74 Å². The highest BCUT2D eigenvalue weighted by molar-refractivity contribution is 5.82. The lowest BCUT2D eigenvalue weighted by Gasteiger charge is -2.46. The zero-order valence-electron chi connectivity index (χ0n) is 17.3. The molecule has 0 saturated heterocycles. The van der Waals surface area contributed by atoms with Crippen molar-refractivity contribution in [2.45, 2.75) is 38.5 Å². The predicted octanol–water partition coefficient (Wildman–Crippen LogP) is 5.40. The van der Waals surface area contributed by atoms with Crippen LogP contribution >= 0.6 is 0 Å². The van der Waals surface area contributed by atoms with Gasteiger partial charge >= 0.3 is 6.61 Å². The van der Waals surface area contributed by atoms with E-state index >= 15 is 0 Å². The molecule has 0 bridgehead atoms. The average Bonchev–Trinajstić information content (AvgIpc) is 3.20. The molecular formula is C24H23F2N4O2+. The van der Waals surface area contributed by atoms with Gasteiger partial charge in [-0.15, -0.1) is 4.59 Å². The number of fused-ring (bicyclic) bond motifs is 1. The number of aliphatic imine (C=N–C) groups is 2. The summed E-state index contributed by atoms with van der Waals surface area (Å²) in [5, 5.41) is 2.33. The number of alkyl halides is 2. The third-order valence-electron chi connectivity index (χ3n) is 5.89. The van der Waals surface area contributed by atoms with Crippen LogP contribution in [0.2, 0.25) is 0 Å². The van der Waals surface area contributed by atoms with E-state index in [9.17, 15) is 8.78 Å². The van der Waals surface area contributed by atoms with Gasteiger partial charge in [0.25, 0.3) is 0 Å². The molecule has 1 fully saturated rings. The summed E-state index contributed by atoms with van der Waals surface area (Å²) in [7, 11) is 0. The Morgan fingerprint density at radius 2 is 1.97 bits per heavy atom. The number of halogens is 2. The number of benzene rings is 2. The molecular weight excluding hydrogens is 414 g/mol. The predicted molar refractivity (Wildman–Crippen MR) is 118 cm³/mol. The zero-order valence-corrected chi connectivity index (χ0v) is 17.3. The Morgan fingerprint density at radius 1 is 1.09 bits per heavy atom. The molecule has 5 rings (SSSR count). The summed E-state index contributed by atoms with van der Waals surface area (Å²) in [4.78, 5) is 8.68. The molecule has 1 saturated carbocycles. The molecule has 164 valence electrons. The van der Waals surface area contributed by atoms with E-state index in [1.807, 2.05) is 43.2 Å². The number of nitrogens with zero attached hydrogens (tertiary/aromatic N) is 4. The van der Waals surface area contributed by atoms with E-state index in [1.165, 1.54) is 12.5 Å². The Hall–Kier alpha value is -3.52. The van der Waals surface area contributed by atoms with Gasteiger partial charge in [0.15, 0.2) is 6.20 Å². The minimum absolute atomic E-state index is 0.119. The Bertz CT molecular complexity index is 1110. The molecule has 1 aliphatic carbocycles. The molecule has 2 heterocycles. The molecule has 0 amide bonds. The molecule has 2 aromatic carbocycles. The van der Waals surface area contributed by atoms with Crippen molar-refractivity contribution in [2.75, 3.05) is 5.01 Å². The SMILES string of the molecule is FC(F)Oc1ccccc1COc1cccc(N(C2CCC2)[N+]23C=CN=CC2=CN=C3)c1. The number of para-hydroxylation sites is 1. The normalized spacial score (nSPS) is 21.3. The molecule has 2 aromatic rings. The maximum Gasteiger partial charge on any atom is 0.387 e. The number of hydrogen-bond donors (Lipinski definition) is 0. The zero-order chi connectivity index (χ0) is 22.0. The Balaban J connectivity index is 1.41. The number of rotatable bonds is 8. The molecule has 3 aliphatic rings. The molecule has 32 heavy (non-hydrogen) atoms. The van der Waals surface area contributed by atoms with Crippen molar-refractivity contribution in [3.8, 4) is 11.5 Å². The van der Waals surface area contributed by atoms with Gasteiger partial charge in [0.1, 0.15) is 18.1 Å². The second-order valence-corrected chi connectivity index (χ2v) is 7.83. The van der Waals surface area contributed by atoms with Crippen LogP contribution in [0.15, 0.2) is 82.8 Å². The Morgan fingerprint density at radius 3 is 2.78 bits per heavy atom. The molecule has 0 N–H and O–H groups in total. The number of anilines is 1. The molecule has 0 spiro atoms. The number of ether oxygens (including phenoxy) is 2. The lowest BCUT2D eigenvalue weighted by atomic mass is 9.91. The van der Waals surface area contributed by atoms with Crippen LogP contribution in [0.5, 0.6) is 11.5 Å². The highest BCUT2D eigenvalue weighted by Crippen LogP contribution is 2.40. The third-order valence-corrected chi connectivity index (χ3v) is 5.89. The summed E-state index contributed by atoms with van der Waals surface area (Å²) in [6, 6.07) is 14.8. The largest absolute Gasteiger partial charge is 0.489 e. The van der Waals surface area contributed by atoms with Gasteiger partial charge in [0.2, 0.25) is 12.0 Å². The van der Waals surface area contributed by atoms with E-state index in [-0.39, 0.29) is 12.4 Å². The van der Waals surface area contributed by atoms with Crippen molar-refractivity contribution >= 4 is 18.2 Å². The van der Waals surface area contributed by atoms with Gasteiger partial charge in [-0.2, -0.15) is 8.78 Å². The molecule has 0 radical (unpaired) electrons. The maximum absolute atomic E-state index is 12.7. The molecule has 2 aliphatic heterocycles. The highest BCUT2D eigenvalue weighted by Gasteiger charge is 2.46. The van der Waals surface area contributed by atoms with Crippen molar-refractivity contribution in [1.82, 2.24) is 0 Å². The second kappa shape index (κ2) is 8.55. The lowest BCUT2D eigenvalue weighted by molar-refractivity contribution is -0.746. The molecule has 0 aromatic heterocycles. The van der Waals surface area contributed by atoms with Crippen molar-refractivity contribution in [2.24, 2.45) is 9.98 Å². The van der Waals surface area contributed by atoms with Gasteiger partial charge in [0.05, 0.1) is 30.3 Å². The van der Waals surface area contributed by atoms with Crippen LogP contribution in [0.25, 0.3) is 0 Å². The topological polar surface area (TPSA) is 46.4 Å². The minimum atomic E-state index is -2.88. The van der Waals surface area contributed by atoms with E-state index < -0.39 is 6.61 Å². The van der Waals surface area contributed by atoms with Gasteiger partial charge in [-0.25, -0.2) is 10.0 Å². The van der Waals surface area contributed by atoms with Crippen molar-refractivity contribution in [3.63, 3.8) is 0 Å². The second-order valence-electron chi connectivity index (χ2n) is 7.83. The fourth-order valence-corrected chi connectivity index (χ4v) is 4.15. The van der Waals surface area contributed by atoms with Crippen LogP contribution in [0.3, 0.4) is 0 Å². The monoisotopic (exact) mass is 437 g/mol. The fourth-order valence-electron chi connectivity index (χ4n) is 4.15. The first kappa shape index (κ1) is 20.4. The van der Waals surface area contributed by atoms with E-state index in [0.29, 0.717) is 21.9 Å². The summed E-state index contributed by atoms with van der Waals surface area (Å²) in [5.74, 6) is 0.766. The highest BCUT2D eigenvalue weighted by atomic mass is 19.3. The van der Waals surface area contributed by atoms with Crippen LogP contribution in [0, 0.1) is 0 Å². The summed E-state index contributed by atoms with van der Waals surface area (Å²) in [5.41, 5.74) is 2.52. The van der Waals surface area contributed by atoms with Gasteiger partial charge in [-0.05, 0) is 37.5 Å². The summed E-state index contributed by atoms with van der Waals surface area (Å²) in [6.07, 6.45) is 12.8. The van der Waals surface area contributed by atoms with E-state index in [2.05, 4.69) is 25.8 Å². The minimum Gasteiger partial charge on any atom is -0.489 e. The van der Waals surface area contributed by atoms with Crippen LogP contribution < -0.4 is 14.5 Å². The number of hydrogen-bond acceptors (Lipinski definition) is 5. The van der Waals surface area contributed by atoms with Gasteiger partial charge < -0.3 is 9.47 Å². The van der Waals surface area contributed by atoms with Crippen LogP contribution in [-0.2, 0) is 6.61 Å².